The number of carbonyl (C=O) groups is 5. The van der Waals surface area contributed by atoms with E-state index in [1.165, 1.54) is 0 Å². The maximum Gasteiger partial charge on any atom is 0.307 e. The number of aliphatic carboxylic acids is 2. The van der Waals surface area contributed by atoms with Crippen molar-refractivity contribution in [3.63, 3.8) is 0 Å². The van der Waals surface area contributed by atoms with E-state index in [1.54, 1.807) is 38.1 Å². The molecule has 14 heteroatoms. The third kappa shape index (κ3) is 12.1. The zero-order valence-corrected chi connectivity index (χ0v) is 25.6. The minimum Gasteiger partial charge on any atom is -0.481 e. The summed E-state index contributed by atoms with van der Waals surface area (Å²) in [6, 6.07) is 2.80. The van der Waals surface area contributed by atoms with Crippen molar-refractivity contribution in [3.8, 4) is 0 Å². The Bertz CT molecular complexity index is 1130. The van der Waals surface area contributed by atoms with Gasteiger partial charge in [0.15, 0.2) is 0 Å². The number of hydrogen-bond donors (Lipinski definition) is 8. The molecule has 0 radical (unpaired) electrons. The number of nitrogens with one attached hydrogen (secondary N) is 4. The molecule has 9 N–H and O–H groups in total. The van der Waals surface area contributed by atoms with E-state index in [-0.39, 0.29) is 32.4 Å². The second-order valence-corrected chi connectivity index (χ2v) is 11.6. The third-order valence-electron chi connectivity index (χ3n) is 7.46. The highest BCUT2D eigenvalue weighted by atomic mass is 16.5. The van der Waals surface area contributed by atoms with E-state index in [4.69, 9.17) is 20.7 Å². The van der Waals surface area contributed by atoms with Crippen molar-refractivity contribution in [2.75, 3.05) is 18.5 Å². The molecule has 3 amide bonds. The lowest BCUT2D eigenvalue weighted by atomic mass is 9.96. The van der Waals surface area contributed by atoms with Crippen LogP contribution in [0.25, 0.3) is 0 Å². The molecule has 14 nitrogen and oxygen atoms in total. The molecule has 0 spiro atoms. The van der Waals surface area contributed by atoms with E-state index in [9.17, 15) is 29.1 Å². The molecular weight excluding hydrogens is 574 g/mol. The number of anilines is 1. The summed E-state index contributed by atoms with van der Waals surface area (Å²) in [4.78, 5) is 61.6. The van der Waals surface area contributed by atoms with E-state index in [0.29, 0.717) is 43.4 Å². The molecule has 0 unspecified atom stereocenters. The molecule has 0 aromatic heterocycles. The number of carboxylic acid groups (broad SMARTS) is 2. The van der Waals surface area contributed by atoms with E-state index >= 15 is 0 Å². The van der Waals surface area contributed by atoms with Crippen LogP contribution < -0.4 is 27.0 Å². The summed E-state index contributed by atoms with van der Waals surface area (Å²) in [5.41, 5.74) is 5.99. The van der Waals surface area contributed by atoms with Crippen LogP contribution in [-0.2, 0) is 35.1 Å². The normalized spacial score (nSPS) is 22.5. The first-order valence-corrected chi connectivity index (χ1v) is 15.0. The lowest BCUT2D eigenvalue weighted by Gasteiger charge is -2.35. The van der Waals surface area contributed by atoms with Gasteiger partial charge in [-0.2, -0.15) is 0 Å². The summed E-state index contributed by atoms with van der Waals surface area (Å²) in [5, 5.41) is 40.2. The quantitative estimate of drug-likeness (QED) is 0.151. The van der Waals surface area contributed by atoms with Gasteiger partial charge in [0.25, 0.3) is 0 Å². The van der Waals surface area contributed by atoms with Crippen molar-refractivity contribution in [3.05, 3.63) is 29.8 Å². The first-order chi connectivity index (χ1) is 20.7. The molecule has 246 valence electrons. The zero-order chi connectivity index (χ0) is 32.9. The SMILES string of the molecule is CCC[C@@H]1NC(=O)[C@@H](NC(=O)[C@@H](N)CCC(=O)O)C(C)(C)OCCCC[C@@H]([C@H](O)CNc2ccc(CC(=O)O)cc2)NC1=O. The second kappa shape index (κ2) is 17.5. The summed E-state index contributed by atoms with van der Waals surface area (Å²) in [7, 11) is 0. The summed E-state index contributed by atoms with van der Waals surface area (Å²) < 4.78 is 6.03. The summed E-state index contributed by atoms with van der Waals surface area (Å²) in [5.74, 6) is -3.89. The number of amides is 3. The minimum atomic E-state index is -1.23. The fraction of sp³-hybridized carbons (Fsp3) is 0.633. The predicted octanol–water partition coefficient (Wildman–Crippen LogP) is 0.512. The first-order valence-electron chi connectivity index (χ1n) is 15.0. The number of benzene rings is 1. The van der Waals surface area contributed by atoms with Crippen molar-refractivity contribution in [1.29, 1.82) is 0 Å². The highest BCUT2D eigenvalue weighted by Gasteiger charge is 2.40. The summed E-state index contributed by atoms with van der Waals surface area (Å²) in [6.07, 6.45) is 0.889. The van der Waals surface area contributed by atoms with Crippen LogP contribution in [0.15, 0.2) is 24.3 Å². The number of carboxylic acids is 2. The number of nitrogens with two attached hydrogens (primary N) is 1. The molecule has 1 saturated heterocycles. The van der Waals surface area contributed by atoms with Crippen LogP contribution in [0.2, 0.25) is 0 Å². The first kappa shape index (κ1) is 36.4. The van der Waals surface area contributed by atoms with Gasteiger partial charge < -0.3 is 47.1 Å². The molecule has 1 aromatic carbocycles. The Morgan fingerprint density at radius 3 is 2.36 bits per heavy atom. The van der Waals surface area contributed by atoms with Crippen molar-refractivity contribution >= 4 is 35.3 Å². The molecule has 0 aliphatic carbocycles. The number of carbonyl (C=O) groups excluding carboxylic acids is 3. The predicted molar refractivity (Wildman–Crippen MR) is 162 cm³/mol. The van der Waals surface area contributed by atoms with Crippen LogP contribution in [0, 0.1) is 0 Å². The molecule has 0 bridgehead atoms. The van der Waals surface area contributed by atoms with Gasteiger partial charge in [-0.3, -0.25) is 24.0 Å². The van der Waals surface area contributed by atoms with Crippen LogP contribution in [0.3, 0.4) is 0 Å². The minimum absolute atomic E-state index is 0.0964. The van der Waals surface area contributed by atoms with Gasteiger partial charge in [-0.25, -0.2) is 0 Å². The Morgan fingerprint density at radius 1 is 1.07 bits per heavy atom. The Balaban J connectivity index is 2.17. The largest absolute Gasteiger partial charge is 0.481 e. The Morgan fingerprint density at radius 2 is 1.75 bits per heavy atom. The van der Waals surface area contributed by atoms with Crippen LogP contribution in [0.5, 0.6) is 0 Å². The molecule has 1 aliphatic heterocycles. The number of rotatable bonds is 13. The number of aliphatic hydroxyl groups is 1. The molecule has 1 fully saturated rings. The molecule has 0 saturated carbocycles. The molecule has 1 aliphatic rings. The maximum atomic E-state index is 13.5. The molecule has 2 rings (SSSR count). The highest BCUT2D eigenvalue weighted by molar-refractivity contribution is 5.94. The highest BCUT2D eigenvalue weighted by Crippen LogP contribution is 2.19. The molecule has 1 heterocycles. The van der Waals surface area contributed by atoms with Gasteiger partial charge in [-0.05, 0) is 63.6 Å². The van der Waals surface area contributed by atoms with Gasteiger partial charge in [-0.15, -0.1) is 0 Å². The van der Waals surface area contributed by atoms with Crippen LogP contribution in [-0.4, -0.2) is 94.0 Å². The van der Waals surface area contributed by atoms with Gasteiger partial charge >= 0.3 is 11.9 Å². The van der Waals surface area contributed by atoms with Crippen LogP contribution in [0.4, 0.5) is 5.69 Å². The number of ether oxygens (including phenoxy) is 1. The molecule has 44 heavy (non-hydrogen) atoms. The third-order valence-corrected chi connectivity index (χ3v) is 7.46. The Kier molecular flexibility index (Phi) is 14.5. The fourth-order valence-corrected chi connectivity index (χ4v) is 4.84. The van der Waals surface area contributed by atoms with Crippen molar-refractivity contribution in [1.82, 2.24) is 16.0 Å². The zero-order valence-electron chi connectivity index (χ0n) is 25.6. The van der Waals surface area contributed by atoms with Gasteiger partial charge in [0.2, 0.25) is 17.7 Å². The maximum absolute atomic E-state index is 13.5. The lowest BCUT2D eigenvalue weighted by Crippen LogP contribution is -2.63. The smallest absolute Gasteiger partial charge is 0.307 e. The van der Waals surface area contributed by atoms with Crippen molar-refractivity contribution in [2.24, 2.45) is 5.73 Å². The van der Waals surface area contributed by atoms with E-state index in [2.05, 4.69) is 21.3 Å². The monoisotopic (exact) mass is 621 g/mol. The van der Waals surface area contributed by atoms with Gasteiger partial charge in [0.05, 0.1) is 30.2 Å². The van der Waals surface area contributed by atoms with Crippen molar-refractivity contribution < 1.29 is 44.0 Å². The van der Waals surface area contributed by atoms with Gasteiger partial charge in [0, 0.05) is 25.3 Å². The number of aliphatic hydroxyl groups excluding tert-OH is 1. The van der Waals surface area contributed by atoms with Crippen LogP contribution >= 0.6 is 0 Å². The fourth-order valence-electron chi connectivity index (χ4n) is 4.84. The molecular formula is C30H47N5O9. The number of hydrogen-bond acceptors (Lipinski definition) is 9. The lowest BCUT2D eigenvalue weighted by molar-refractivity contribution is -0.141. The Labute approximate surface area is 257 Å². The average Bonchev–Trinajstić information content (AvgIpc) is 2.96. The average molecular weight is 622 g/mol. The van der Waals surface area contributed by atoms with E-state index in [1.807, 2.05) is 6.92 Å². The Hall–Kier alpha value is -3.75. The topological polar surface area (TPSA) is 229 Å². The van der Waals surface area contributed by atoms with Crippen LogP contribution in [0.1, 0.15) is 71.3 Å². The second-order valence-electron chi connectivity index (χ2n) is 11.6. The molecule has 5 atom stereocenters. The molecule has 1 aromatic rings. The van der Waals surface area contributed by atoms with E-state index < -0.39 is 65.5 Å². The summed E-state index contributed by atoms with van der Waals surface area (Å²) >= 11 is 0. The van der Waals surface area contributed by atoms with Crippen molar-refractivity contribution in [2.45, 2.75) is 108 Å². The van der Waals surface area contributed by atoms with E-state index in [0.717, 1.165) is 0 Å². The summed E-state index contributed by atoms with van der Waals surface area (Å²) in [6.45, 7) is 5.47. The van der Waals surface area contributed by atoms with Gasteiger partial charge in [0.1, 0.15) is 12.1 Å². The standard InChI is InChI=1S/C30H47N5O9/c1-4-7-22-28(42)33-21(23(36)17-32-19-11-9-18(10-12-19)16-25(39)40)8-5-6-15-44-30(2,3)26(29(43)34-22)35-27(41)20(31)13-14-24(37)38/h9-12,20-23,26,32,36H,4-8,13-17,31H2,1-3H3,(H,33,42)(H,34,43)(H,35,41)(H,37,38)(H,39,40)/t20-,21-,22-,23+,26+/m0/s1. The van der Waals surface area contributed by atoms with Gasteiger partial charge in [-0.1, -0.05) is 25.5 Å².